The monoisotopic (exact) mass is 268 g/mol. The van der Waals surface area contributed by atoms with Gasteiger partial charge >= 0.3 is 0 Å². The van der Waals surface area contributed by atoms with Crippen molar-refractivity contribution < 1.29 is 4.39 Å². The van der Waals surface area contributed by atoms with E-state index >= 15 is 0 Å². The number of benzene rings is 1. The molecule has 2 atom stereocenters. The van der Waals surface area contributed by atoms with Crippen LogP contribution in [0.25, 0.3) is 0 Å². The van der Waals surface area contributed by atoms with Gasteiger partial charge in [0.25, 0.3) is 0 Å². The summed E-state index contributed by atoms with van der Waals surface area (Å²) in [5.74, 6) is 6.74. The first-order chi connectivity index (χ1) is 8.55. The first-order valence-electron chi connectivity index (χ1n) is 6.40. The van der Waals surface area contributed by atoms with Crippen molar-refractivity contribution in [3.05, 3.63) is 35.1 Å². The highest BCUT2D eigenvalue weighted by Gasteiger charge is 2.37. The van der Waals surface area contributed by atoms with Crippen molar-refractivity contribution in [1.29, 1.82) is 0 Å². The maximum atomic E-state index is 13.3. The molecule has 2 unspecified atom stereocenters. The first kappa shape index (κ1) is 13.8. The number of halogens is 1. The zero-order valence-electron chi connectivity index (χ0n) is 11.0. The van der Waals surface area contributed by atoms with Crippen molar-refractivity contribution in [1.82, 2.24) is 5.43 Å². The van der Waals surface area contributed by atoms with Crippen molar-refractivity contribution in [2.24, 2.45) is 5.84 Å². The van der Waals surface area contributed by atoms with Gasteiger partial charge in [0.15, 0.2) is 0 Å². The minimum Gasteiger partial charge on any atom is -0.271 e. The summed E-state index contributed by atoms with van der Waals surface area (Å²) in [5, 5.41) is 0. The van der Waals surface area contributed by atoms with Gasteiger partial charge in [-0.25, -0.2) is 4.39 Å². The van der Waals surface area contributed by atoms with Crippen LogP contribution in [0.15, 0.2) is 18.2 Å². The summed E-state index contributed by atoms with van der Waals surface area (Å²) in [4.78, 5) is 0. The van der Waals surface area contributed by atoms with E-state index in [1.54, 1.807) is 6.07 Å². The number of aryl methyl sites for hydroxylation is 1. The molecule has 0 bridgehead atoms. The van der Waals surface area contributed by atoms with Gasteiger partial charge in [-0.15, -0.1) is 0 Å². The lowest BCUT2D eigenvalue weighted by Gasteiger charge is -2.33. The summed E-state index contributed by atoms with van der Waals surface area (Å²) in [6.45, 7) is 4.27. The van der Waals surface area contributed by atoms with Crippen LogP contribution in [-0.2, 0) is 6.42 Å². The molecule has 1 aromatic carbocycles. The van der Waals surface area contributed by atoms with Crippen LogP contribution >= 0.6 is 11.8 Å². The molecule has 100 valence electrons. The molecule has 0 saturated carbocycles. The maximum absolute atomic E-state index is 13.3. The molecule has 3 N–H and O–H groups in total. The summed E-state index contributed by atoms with van der Waals surface area (Å²) in [5.41, 5.74) is 5.11. The molecular weight excluding hydrogens is 247 g/mol. The topological polar surface area (TPSA) is 38.0 Å². The third-order valence-electron chi connectivity index (χ3n) is 3.92. The van der Waals surface area contributed by atoms with Gasteiger partial charge in [0.1, 0.15) is 5.82 Å². The zero-order chi connectivity index (χ0) is 13.2. The molecule has 2 nitrogen and oxygen atoms in total. The number of rotatable bonds is 4. The minimum absolute atomic E-state index is 0.160. The number of hydrogen-bond donors (Lipinski definition) is 2. The van der Waals surface area contributed by atoms with Crippen LogP contribution in [0, 0.1) is 12.7 Å². The largest absolute Gasteiger partial charge is 0.271 e. The Kier molecular flexibility index (Phi) is 4.30. The van der Waals surface area contributed by atoms with Crippen molar-refractivity contribution in [3.8, 4) is 0 Å². The Bertz CT molecular complexity index is 416. The van der Waals surface area contributed by atoms with Crippen LogP contribution in [0.1, 0.15) is 30.9 Å². The van der Waals surface area contributed by atoms with Gasteiger partial charge in [-0.1, -0.05) is 6.07 Å². The van der Waals surface area contributed by atoms with E-state index in [9.17, 15) is 4.39 Å². The molecule has 1 fully saturated rings. The lowest BCUT2D eigenvalue weighted by atomic mass is 9.90. The fraction of sp³-hybridized carbons (Fsp3) is 0.571. The summed E-state index contributed by atoms with van der Waals surface area (Å²) in [7, 11) is 0. The van der Waals surface area contributed by atoms with Crippen molar-refractivity contribution in [2.75, 3.05) is 5.75 Å². The standard InChI is InChI=1S/C14H21FN2S/c1-10-4-5-12(15)8-11(10)9-13(17-16)14(2)6-3-7-18-14/h4-5,8,13,17H,3,6-7,9,16H2,1-2H3. The smallest absolute Gasteiger partial charge is 0.123 e. The van der Waals surface area contributed by atoms with Crippen LogP contribution in [0.4, 0.5) is 4.39 Å². The van der Waals surface area contributed by atoms with Crippen LogP contribution in [0.2, 0.25) is 0 Å². The van der Waals surface area contributed by atoms with Gasteiger partial charge in [0.05, 0.1) is 0 Å². The molecule has 2 rings (SSSR count). The number of hydrazine groups is 1. The van der Waals surface area contributed by atoms with Gasteiger partial charge < -0.3 is 0 Å². The van der Waals surface area contributed by atoms with E-state index in [4.69, 9.17) is 5.84 Å². The van der Waals surface area contributed by atoms with Crippen molar-refractivity contribution >= 4 is 11.8 Å². The number of thioether (sulfide) groups is 1. The molecule has 1 saturated heterocycles. The Morgan fingerprint density at radius 3 is 2.94 bits per heavy atom. The Hall–Kier alpha value is -0.580. The predicted octanol–water partition coefficient (Wildman–Crippen LogP) is 2.79. The average molecular weight is 268 g/mol. The van der Waals surface area contributed by atoms with Gasteiger partial charge in [-0.3, -0.25) is 11.3 Å². The Morgan fingerprint density at radius 1 is 1.56 bits per heavy atom. The number of nitrogens with two attached hydrogens (primary N) is 1. The van der Waals surface area contributed by atoms with Crippen LogP contribution < -0.4 is 11.3 Å². The van der Waals surface area contributed by atoms with Crippen LogP contribution in [-0.4, -0.2) is 16.5 Å². The average Bonchev–Trinajstić information content (AvgIpc) is 2.78. The minimum atomic E-state index is -0.171. The molecule has 18 heavy (non-hydrogen) atoms. The molecule has 1 aliphatic heterocycles. The molecule has 1 aliphatic rings. The molecule has 4 heteroatoms. The highest BCUT2D eigenvalue weighted by Crippen LogP contribution is 2.41. The van der Waals surface area contributed by atoms with E-state index < -0.39 is 0 Å². The highest BCUT2D eigenvalue weighted by atomic mass is 32.2. The Morgan fingerprint density at radius 2 is 2.33 bits per heavy atom. The lowest BCUT2D eigenvalue weighted by Crippen LogP contribution is -2.50. The third-order valence-corrected chi connectivity index (χ3v) is 5.56. The third kappa shape index (κ3) is 2.87. The molecule has 0 spiro atoms. The molecule has 1 heterocycles. The summed E-state index contributed by atoms with van der Waals surface area (Å²) in [6.07, 6.45) is 3.19. The molecule has 0 radical (unpaired) electrons. The predicted molar refractivity (Wildman–Crippen MR) is 76.0 cm³/mol. The summed E-state index contributed by atoms with van der Waals surface area (Å²) >= 11 is 1.97. The molecule has 0 aliphatic carbocycles. The first-order valence-corrected chi connectivity index (χ1v) is 7.39. The molecular formula is C14H21FN2S. The summed E-state index contributed by atoms with van der Waals surface area (Å²) < 4.78 is 13.5. The highest BCUT2D eigenvalue weighted by molar-refractivity contribution is 8.00. The fourth-order valence-electron chi connectivity index (χ4n) is 2.61. The second-order valence-corrected chi connectivity index (χ2v) is 6.89. The Balaban J connectivity index is 2.17. The van der Waals surface area contributed by atoms with Crippen LogP contribution in [0.5, 0.6) is 0 Å². The molecule has 0 amide bonds. The van der Waals surface area contributed by atoms with Gasteiger partial charge in [0, 0.05) is 10.8 Å². The maximum Gasteiger partial charge on any atom is 0.123 e. The normalized spacial score (nSPS) is 25.3. The lowest BCUT2D eigenvalue weighted by molar-refractivity contribution is 0.404. The summed E-state index contributed by atoms with van der Waals surface area (Å²) in [6, 6.07) is 5.16. The van der Waals surface area contributed by atoms with Gasteiger partial charge in [-0.2, -0.15) is 11.8 Å². The Labute approximate surface area is 112 Å². The second-order valence-electron chi connectivity index (χ2n) is 5.26. The quantitative estimate of drug-likeness (QED) is 0.651. The van der Waals surface area contributed by atoms with E-state index in [0.29, 0.717) is 0 Å². The fourth-order valence-corrected chi connectivity index (χ4v) is 4.00. The van der Waals surface area contributed by atoms with Crippen LogP contribution in [0.3, 0.4) is 0 Å². The zero-order valence-corrected chi connectivity index (χ0v) is 11.8. The number of hydrogen-bond acceptors (Lipinski definition) is 3. The molecule has 1 aromatic rings. The van der Waals surface area contributed by atoms with E-state index in [1.807, 2.05) is 24.8 Å². The SMILES string of the molecule is Cc1ccc(F)cc1CC(NN)C1(C)CCCS1. The van der Waals surface area contributed by atoms with E-state index in [1.165, 1.54) is 24.7 Å². The van der Waals surface area contributed by atoms with Gasteiger partial charge in [0.2, 0.25) is 0 Å². The second kappa shape index (κ2) is 5.59. The van der Waals surface area contributed by atoms with Gasteiger partial charge in [-0.05, 0) is 62.1 Å². The van der Waals surface area contributed by atoms with Crippen molar-refractivity contribution in [3.63, 3.8) is 0 Å². The molecule has 0 aromatic heterocycles. The number of nitrogens with one attached hydrogen (secondary N) is 1. The van der Waals surface area contributed by atoms with E-state index in [2.05, 4.69) is 12.3 Å². The van der Waals surface area contributed by atoms with E-state index in [-0.39, 0.29) is 16.6 Å². The van der Waals surface area contributed by atoms with Crippen molar-refractivity contribution in [2.45, 2.75) is 43.9 Å². The van der Waals surface area contributed by atoms with E-state index in [0.717, 1.165) is 17.5 Å².